The molecule has 0 saturated heterocycles. The first-order valence-electron chi connectivity index (χ1n) is 10.6. The van der Waals surface area contributed by atoms with Crippen LogP contribution < -0.4 is 14.4 Å². The molecule has 0 bridgehead atoms. The second kappa shape index (κ2) is 10.5. The molecule has 1 unspecified atom stereocenters. The van der Waals surface area contributed by atoms with E-state index in [0.717, 1.165) is 44.2 Å². The summed E-state index contributed by atoms with van der Waals surface area (Å²) in [6, 6.07) is 11.2. The van der Waals surface area contributed by atoms with E-state index in [1.165, 1.54) is 23.1 Å². The lowest BCUT2D eigenvalue weighted by atomic mass is 9.88. The summed E-state index contributed by atoms with van der Waals surface area (Å²) in [5.74, 6) is 0.0539. The minimum absolute atomic E-state index is 0.0723. The molecule has 182 valence electrons. The molecule has 0 aromatic heterocycles. The molecule has 0 heterocycles. The van der Waals surface area contributed by atoms with Crippen LogP contribution in [0.25, 0.3) is 0 Å². The number of hydrogen-bond donors (Lipinski definition) is 1. The molecule has 2 aromatic rings. The molecular weight excluding hydrogens is 452 g/mol. The van der Waals surface area contributed by atoms with Crippen LogP contribution in [-0.2, 0) is 0 Å². The molecule has 0 radical (unpaired) electrons. The number of ether oxygens (including phenoxy) is 2. The summed E-state index contributed by atoms with van der Waals surface area (Å²) >= 11 is 0. The van der Waals surface area contributed by atoms with E-state index in [-0.39, 0.29) is 17.4 Å². The number of benzene rings is 2. The van der Waals surface area contributed by atoms with Crippen LogP contribution in [0.3, 0.4) is 0 Å². The van der Waals surface area contributed by atoms with Crippen molar-refractivity contribution >= 4 is 5.69 Å². The minimum Gasteiger partial charge on any atom is -0.457 e. The number of alkyl halides is 6. The van der Waals surface area contributed by atoms with E-state index in [1.807, 2.05) is 0 Å². The lowest BCUT2D eigenvalue weighted by Crippen LogP contribution is -2.43. The van der Waals surface area contributed by atoms with Crippen LogP contribution in [-0.4, -0.2) is 36.8 Å². The molecule has 2 aromatic carbocycles. The van der Waals surface area contributed by atoms with Gasteiger partial charge in [-0.15, -0.1) is 13.2 Å². The van der Waals surface area contributed by atoms with Gasteiger partial charge in [-0.3, -0.25) is 0 Å². The molecule has 1 fully saturated rings. The zero-order chi connectivity index (χ0) is 24.1. The number of anilines is 1. The molecule has 1 N–H and O–H groups in total. The summed E-state index contributed by atoms with van der Waals surface area (Å²) in [7, 11) is 0. The van der Waals surface area contributed by atoms with Gasteiger partial charge in [0.05, 0.1) is 6.54 Å². The highest BCUT2D eigenvalue weighted by Crippen LogP contribution is 2.33. The predicted molar refractivity (Wildman–Crippen MR) is 110 cm³/mol. The van der Waals surface area contributed by atoms with Gasteiger partial charge in [0.25, 0.3) is 0 Å². The zero-order valence-corrected chi connectivity index (χ0v) is 17.7. The quantitative estimate of drug-likeness (QED) is 0.431. The van der Waals surface area contributed by atoms with Gasteiger partial charge in [0.1, 0.15) is 17.2 Å². The Bertz CT molecular complexity index is 896. The Morgan fingerprint density at radius 3 is 2.12 bits per heavy atom. The summed E-state index contributed by atoms with van der Waals surface area (Å²) in [5, 5.41) is 9.67. The molecule has 0 amide bonds. The maximum absolute atomic E-state index is 13.0. The molecule has 33 heavy (non-hydrogen) atoms. The van der Waals surface area contributed by atoms with Gasteiger partial charge in [0.2, 0.25) is 0 Å². The van der Waals surface area contributed by atoms with Crippen LogP contribution in [0.15, 0.2) is 48.5 Å². The number of hydrogen-bond acceptors (Lipinski definition) is 4. The normalized spacial score (nSPS) is 16.3. The van der Waals surface area contributed by atoms with E-state index in [0.29, 0.717) is 12.2 Å². The second-order valence-electron chi connectivity index (χ2n) is 8.09. The molecular formula is C23H25F6NO3. The number of halogens is 6. The summed E-state index contributed by atoms with van der Waals surface area (Å²) in [6.45, 7) is -0.274. The van der Waals surface area contributed by atoms with Gasteiger partial charge in [0.15, 0.2) is 6.10 Å². The first kappa shape index (κ1) is 25.0. The highest BCUT2D eigenvalue weighted by Gasteiger charge is 2.39. The van der Waals surface area contributed by atoms with E-state index in [2.05, 4.69) is 4.74 Å². The van der Waals surface area contributed by atoms with Crippen molar-refractivity contribution in [1.82, 2.24) is 0 Å². The third-order valence-electron chi connectivity index (χ3n) is 5.43. The van der Waals surface area contributed by atoms with E-state index in [4.69, 9.17) is 4.74 Å². The fourth-order valence-electron chi connectivity index (χ4n) is 3.89. The third kappa shape index (κ3) is 8.03. The van der Waals surface area contributed by atoms with Gasteiger partial charge < -0.3 is 19.5 Å². The summed E-state index contributed by atoms with van der Waals surface area (Å²) < 4.78 is 86.0. The molecule has 0 spiro atoms. The Morgan fingerprint density at radius 1 is 0.879 bits per heavy atom. The highest BCUT2D eigenvalue weighted by atomic mass is 19.4. The Labute approximate surface area is 187 Å². The van der Waals surface area contributed by atoms with Crippen molar-refractivity contribution in [2.75, 3.05) is 18.0 Å². The van der Waals surface area contributed by atoms with Crippen LogP contribution in [0.5, 0.6) is 17.2 Å². The predicted octanol–water partition coefficient (Wildman–Crippen LogP) is 6.69. The fraction of sp³-hybridized carbons (Fsp3) is 0.478. The van der Waals surface area contributed by atoms with Crippen LogP contribution in [0.2, 0.25) is 0 Å². The van der Waals surface area contributed by atoms with Crippen molar-refractivity contribution in [2.45, 2.75) is 50.7 Å². The van der Waals surface area contributed by atoms with Crippen LogP contribution in [0, 0.1) is 5.92 Å². The molecule has 0 aliphatic heterocycles. The Kier molecular flexibility index (Phi) is 7.99. The van der Waals surface area contributed by atoms with Gasteiger partial charge in [-0.2, -0.15) is 13.2 Å². The van der Waals surface area contributed by atoms with Gasteiger partial charge in [-0.25, -0.2) is 0 Å². The van der Waals surface area contributed by atoms with Crippen LogP contribution in [0.1, 0.15) is 32.1 Å². The summed E-state index contributed by atoms with van der Waals surface area (Å²) in [4.78, 5) is 1.49. The minimum atomic E-state index is -4.85. The Morgan fingerprint density at radius 2 is 1.48 bits per heavy atom. The number of aliphatic hydroxyl groups is 1. The smallest absolute Gasteiger partial charge is 0.457 e. The fourth-order valence-corrected chi connectivity index (χ4v) is 3.89. The number of rotatable bonds is 8. The SMILES string of the molecule is OC(CN(CC1CCCCC1)c1cccc(Oc2cccc(OC(F)(F)F)c2)c1)C(F)(F)F. The standard InChI is InChI=1S/C23H25F6NO3/c24-22(25,26)21(31)15-30(14-16-6-2-1-3-7-16)17-8-4-9-18(12-17)32-19-10-5-11-20(13-19)33-23(27,28)29/h4-5,8-13,16,21,31H,1-3,6-7,14-15H2. The van der Waals surface area contributed by atoms with E-state index in [9.17, 15) is 31.4 Å². The van der Waals surface area contributed by atoms with Gasteiger partial charge in [-0.1, -0.05) is 31.4 Å². The lowest BCUT2D eigenvalue weighted by molar-refractivity contribution is -0.274. The highest BCUT2D eigenvalue weighted by molar-refractivity contribution is 5.52. The molecule has 1 aliphatic carbocycles. The Hall–Kier alpha value is -2.62. The van der Waals surface area contributed by atoms with E-state index < -0.39 is 30.9 Å². The van der Waals surface area contributed by atoms with E-state index in [1.54, 1.807) is 18.2 Å². The Balaban J connectivity index is 1.78. The lowest BCUT2D eigenvalue weighted by Gasteiger charge is -2.33. The first-order valence-corrected chi connectivity index (χ1v) is 10.6. The molecule has 10 heteroatoms. The molecule has 1 atom stereocenters. The maximum Gasteiger partial charge on any atom is 0.573 e. The van der Waals surface area contributed by atoms with Crippen molar-refractivity contribution in [1.29, 1.82) is 0 Å². The second-order valence-corrected chi connectivity index (χ2v) is 8.09. The van der Waals surface area contributed by atoms with Crippen molar-refractivity contribution in [2.24, 2.45) is 5.92 Å². The van der Waals surface area contributed by atoms with Gasteiger partial charge in [-0.05, 0) is 43.0 Å². The average molecular weight is 477 g/mol. The molecule has 1 aliphatic rings. The van der Waals surface area contributed by atoms with Crippen molar-refractivity contribution in [3.8, 4) is 17.2 Å². The van der Waals surface area contributed by atoms with E-state index >= 15 is 0 Å². The molecule has 1 saturated carbocycles. The van der Waals surface area contributed by atoms with Crippen molar-refractivity contribution in [3.05, 3.63) is 48.5 Å². The third-order valence-corrected chi connectivity index (χ3v) is 5.43. The average Bonchev–Trinajstić information content (AvgIpc) is 2.72. The molecule has 3 rings (SSSR count). The largest absolute Gasteiger partial charge is 0.573 e. The summed E-state index contributed by atoms with van der Waals surface area (Å²) in [5.41, 5.74) is 0.420. The van der Waals surface area contributed by atoms with Crippen molar-refractivity contribution in [3.63, 3.8) is 0 Å². The van der Waals surface area contributed by atoms with Crippen LogP contribution >= 0.6 is 0 Å². The first-order chi connectivity index (χ1) is 15.5. The van der Waals surface area contributed by atoms with Gasteiger partial charge in [0, 0.05) is 24.4 Å². The number of aliphatic hydroxyl groups excluding tert-OH is 1. The van der Waals surface area contributed by atoms with Gasteiger partial charge >= 0.3 is 12.5 Å². The maximum atomic E-state index is 13.0. The number of nitrogens with zero attached hydrogens (tertiary/aromatic N) is 1. The van der Waals surface area contributed by atoms with Crippen LogP contribution in [0.4, 0.5) is 32.0 Å². The molecule has 4 nitrogen and oxygen atoms in total. The van der Waals surface area contributed by atoms with Crippen molar-refractivity contribution < 1.29 is 40.9 Å². The topological polar surface area (TPSA) is 41.9 Å². The monoisotopic (exact) mass is 477 g/mol. The summed E-state index contributed by atoms with van der Waals surface area (Å²) in [6.07, 6.45) is -7.18. The zero-order valence-electron chi connectivity index (χ0n) is 17.7.